The Morgan fingerprint density at radius 1 is 1.22 bits per heavy atom. The number of carbonyl (C=O) groups is 3. The maximum Gasteiger partial charge on any atom is 0.337 e. The highest BCUT2D eigenvalue weighted by molar-refractivity contribution is 6.30. The zero-order valence-electron chi connectivity index (χ0n) is 15.0. The molecule has 1 atom stereocenters. The van der Waals surface area contributed by atoms with Gasteiger partial charge in [-0.3, -0.25) is 9.59 Å². The zero-order chi connectivity index (χ0) is 19.6. The van der Waals surface area contributed by atoms with Gasteiger partial charge < -0.3 is 15.0 Å². The summed E-state index contributed by atoms with van der Waals surface area (Å²) in [5.74, 6) is -1.33. The third-order valence-corrected chi connectivity index (χ3v) is 4.73. The monoisotopic (exact) mass is 386 g/mol. The minimum Gasteiger partial charge on any atom is -0.465 e. The van der Waals surface area contributed by atoms with E-state index in [0.717, 1.165) is 11.3 Å². The Bertz CT molecular complexity index is 913. The van der Waals surface area contributed by atoms with Crippen LogP contribution < -0.4 is 10.2 Å². The van der Waals surface area contributed by atoms with Gasteiger partial charge in [0.2, 0.25) is 11.8 Å². The van der Waals surface area contributed by atoms with Crippen LogP contribution in [0.4, 0.5) is 11.4 Å². The zero-order valence-corrected chi connectivity index (χ0v) is 15.7. The molecule has 0 radical (unpaired) electrons. The van der Waals surface area contributed by atoms with E-state index in [-0.39, 0.29) is 18.2 Å². The number of benzene rings is 2. The Balaban J connectivity index is 1.72. The van der Waals surface area contributed by atoms with E-state index < -0.39 is 11.9 Å². The fourth-order valence-corrected chi connectivity index (χ4v) is 3.35. The predicted molar refractivity (Wildman–Crippen MR) is 103 cm³/mol. The molecule has 1 heterocycles. The lowest BCUT2D eigenvalue weighted by Gasteiger charge is -2.19. The summed E-state index contributed by atoms with van der Waals surface area (Å²) in [7, 11) is 1.30. The maximum absolute atomic E-state index is 12.6. The Labute approximate surface area is 162 Å². The van der Waals surface area contributed by atoms with Crippen LogP contribution in [-0.4, -0.2) is 31.4 Å². The second-order valence-electron chi connectivity index (χ2n) is 6.40. The van der Waals surface area contributed by atoms with Crippen LogP contribution in [0, 0.1) is 12.8 Å². The van der Waals surface area contributed by atoms with Gasteiger partial charge in [-0.25, -0.2) is 4.79 Å². The van der Waals surface area contributed by atoms with Crippen LogP contribution in [0.3, 0.4) is 0 Å². The van der Waals surface area contributed by atoms with Crippen molar-refractivity contribution in [3.8, 4) is 0 Å². The van der Waals surface area contributed by atoms with Gasteiger partial charge in [0.25, 0.3) is 0 Å². The van der Waals surface area contributed by atoms with Gasteiger partial charge in [-0.1, -0.05) is 17.7 Å². The van der Waals surface area contributed by atoms with Gasteiger partial charge in [-0.15, -0.1) is 0 Å². The number of methoxy groups -OCH3 is 1. The van der Waals surface area contributed by atoms with E-state index >= 15 is 0 Å². The van der Waals surface area contributed by atoms with Crippen LogP contribution in [0.2, 0.25) is 5.02 Å². The molecule has 0 saturated carbocycles. The van der Waals surface area contributed by atoms with Crippen LogP contribution in [0.5, 0.6) is 0 Å². The lowest BCUT2D eigenvalue weighted by molar-refractivity contribution is -0.122. The lowest BCUT2D eigenvalue weighted by Crippen LogP contribution is -2.28. The first-order chi connectivity index (χ1) is 12.9. The van der Waals surface area contributed by atoms with E-state index in [9.17, 15) is 14.4 Å². The number of carbonyl (C=O) groups excluding carboxylic acids is 3. The van der Waals surface area contributed by atoms with E-state index in [0.29, 0.717) is 22.8 Å². The molecular weight excluding hydrogens is 368 g/mol. The van der Waals surface area contributed by atoms with Gasteiger partial charge in [-0.05, 0) is 48.9 Å². The smallest absolute Gasteiger partial charge is 0.337 e. The van der Waals surface area contributed by atoms with Crippen molar-refractivity contribution in [2.75, 3.05) is 23.9 Å². The van der Waals surface area contributed by atoms with Crippen LogP contribution in [0.15, 0.2) is 42.5 Å². The second-order valence-corrected chi connectivity index (χ2v) is 6.83. The SMILES string of the molecule is COC(=O)c1cccc(NC(=O)C2CC(=O)N(c3ccc(Cl)cc3C)C2)c1. The van der Waals surface area contributed by atoms with Crippen LogP contribution in [0.1, 0.15) is 22.3 Å². The van der Waals surface area contributed by atoms with E-state index in [1.54, 1.807) is 47.4 Å². The Hall–Kier alpha value is -2.86. The van der Waals surface area contributed by atoms with Crippen molar-refractivity contribution in [3.05, 3.63) is 58.6 Å². The van der Waals surface area contributed by atoms with Gasteiger partial charge >= 0.3 is 5.97 Å². The number of rotatable bonds is 4. The molecule has 1 unspecified atom stereocenters. The fraction of sp³-hybridized carbons (Fsp3) is 0.250. The van der Waals surface area contributed by atoms with Crippen molar-refractivity contribution >= 4 is 40.8 Å². The molecule has 2 amide bonds. The third kappa shape index (κ3) is 4.11. The number of ether oxygens (including phenoxy) is 1. The van der Waals surface area contributed by atoms with E-state index in [1.165, 1.54) is 7.11 Å². The summed E-state index contributed by atoms with van der Waals surface area (Å²) < 4.78 is 4.68. The molecule has 6 nitrogen and oxygen atoms in total. The Morgan fingerprint density at radius 2 is 2.00 bits per heavy atom. The highest BCUT2D eigenvalue weighted by Gasteiger charge is 2.35. The number of hydrogen-bond acceptors (Lipinski definition) is 4. The van der Waals surface area contributed by atoms with Crippen molar-refractivity contribution in [1.82, 2.24) is 0 Å². The van der Waals surface area contributed by atoms with Gasteiger partial charge in [0, 0.05) is 29.4 Å². The molecule has 0 bridgehead atoms. The maximum atomic E-state index is 12.6. The first kappa shape index (κ1) is 18.9. The topological polar surface area (TPSA) is 75.7 Å². The molecule has 1 saturated heterocycles. The van der Waals surface area contributed by atoms with Crippen molar-refractivity contribution in [1.29, 1.82) is 0 Å². The highest BCUT2D eigenvalue weighted by Crippen LogP contribution is 2.30. The molecule has 1 fully saturated rings. The van der Waals surface area contributed by atoms with Crippen LogP contribution in [0.25, 0.3) is 0 Å². The predicted octanol–water partition coefficient (Wildman–Crippen LogP) is 3.43. The van der Waals surface area contributed by atoms with Gasteiger partial charge in [0.1, 0.15) is 0 Å². The number of halogens is 1. The van der Waals surface area contributed by atoms with Gasteiger partial charge in [-0.2, -0.15) is 0 Å². The molecule has 0 spiro atoms. The molecule has 0 aliphatic carbocycles. The number of nitrogens with zero attached hydrogens (tertiary/aromatic N) is 1. The minimum absolute atomic E-state index is 0.108. The van der Waals surface area contributed by atoms with E-state index in [4.69, 9.17) is 11.6 Å². The largest absolute Gasteiger partial charge is 0.465 e. The Morgan fingerprint density at radius 3 is 2.70 bits per heavy atom. The molecule has 1 N–H and O–H groups in total. The van der Waals surface area contributed by atoms with Gasteiger partial charge in [0.05, 0.1) is 18.6 Å². The molecular formula is C20H19ClN2O4. The third-order valence-electron chi connectivity index (χ3n) is 4.50. The number of amides is 2. The van der Waals surface area contributed by atoms with E-state index in [2.05, 4.69) is 10.1 Å². The minimum atomic E-state index is -0.480. The quantitative estimate of drug-likeness (QED) is 0.817. The summed E-state index contributed by atoms with van der Waals surface area (Å²) in [4.78, 5) is 38.2. The summed E-state index contributed by atoms with van der Waals surface area (Å²) >= 11 is 5.97. The summed E-state index contributed by atoms with van der Waals surface area (Å²) in [6, 6.07) is 11.8. The molecule has 27 heavy (non-hydrogen) atoms. The van der Waals surface area contributed by atoms with Crippen molar-refractivity contribution in [2.45, 2.75) is 13.3 Å². The highest BCUT2D eigenvalue weighted by atomic mass is 35.5. The van der Waals surface area contributed by atoms with E-state index in [1.807, 2.05) is 6.92 Å². The molecule has 0 aromatic heterocycles. The average Bonchev–Trinajstić information content (AvgIpc) is 3.03. The molecule has 2 aromatic carbocycles. The average molecular weight is 387 g/mol. The van der Waals surface area contributed by atoms with Crippen molar-refractivity contribution in [2.24, 2.45) is 5.92 Å². The molecule has 1 aliphatic rings. The summed E-state index contributed by atoms with van der Waals surface area (Å²) in [5.41, 5.74) is 2.46. The molecule has 2 aromatic rings. The first-order valence-corrected chi connectivity index (χ1v) is 8.82. The normalized spacial score (nSPS) is 16.3. The van der Waals surface area contributed by atoms with Crippen molar-refractivity contribution in [3.63, 3.8) is 0 Å². The standard InChI is InChI=1S/C20H19ClN2O4/c1-12-8-15(21)6-7-17(12)23-11-14(10-18(23)24)19(25)22-16-5-3-4-13(9-16)20(26)27-2/h3-9,14H,10-11H2,1-2H3,(H,22,25). The van der Waals surface area contributed by atoms with Crippen LogP contribution >= 0.6 is 11.6 Å². The Kier molecular flexibility index (Phi) is 5.46. The van der Waals surface area contributed by atoms with Gasteiger partial charge in [0.15, 0.2) is 0 Å². The molecule has 140 valence electrons. The molecule has 1 aliphatic heterocycles. The fourth-order valence-electron chi connectivity index (χ4n) is 3.12. The number of esters is 1. The number of nitrogens with one attached hydrogen (secondary N) is 1. The molecule has 3 rings (SSSR count). The van der Waals surface area contributed by atoms with Crippen molar-refractivity contribution < 1.29 is 19.1 Å². The second kappa shape index (κ2) is 7.80. The summed E-state index contributed by atoms with van der Waals surface area (Å²) in [6.45, 7) is 2.17. The van der Waals surface area contributed by atoms with Crippen LogP contribution in [-0.2, 0) is 14.3 Å². The summed E-state index contributed by atoms with van der Waals surface area (Å²) in [6.07, 6.45) is 0.130. The number of anilines is 2. The number of aryl methyl sites for hydroxylation is 1. The summed E-state index contributed by atoms with van der Waals surface area (Å²) in [5, 5.41) is 3.37. The number of hydrogen-bond donors (Lipinski definition) is 1. The first-order valence-electron chi connectivity index (χ1n) is 8.45. The lowest BCUT2D eigenvalue weighted by atomic mass is 10.1. The molecule has 7 heteroatoms.